The lowest BCUT2D eigenvalue weighted by Crippen LogP contribution is -2.24. The van der Waals surface area contributed by atoms with Gasteiger partial charge in [-0.1, -0.05) is 57.2 Å². The van der Waals surface area contributed by atoms with E-state index in [2.05, 4.69) is 20.8 Å². The first-order valence-electron chi connectivity index (χ1n) is 9.92. The maximum atomic E-state index is 13.3. The maximum absolute atomic E-state index is 13.3. The minimum Gasteiger partial charge on any atom is -0.465 e. The van der Waals surface area contributed by atoms with E-state index in [4.69, 9.17) is 4.74 Å². The van der Waals surface area contributed by atoms with Crippen LogP contribution in [0.15, 0.2) is 65.4 Å². The number of allylic oxidation sites excluding steroid dienone is 1. The van der Waals surface area contributed by atoms with E-state index in [1.807, 2.05) is 48.5 Å². The highest BCUT2D eigenvalue weighted by Crippen LogP contribution is 2.36. The topological polar surface area (TPSA) is 46.6 Å². The van der Waals surface area contributed by atoms with Crippen LogP contribution >= 0.6 is 0 Å². The van der Waals surface area contributed by atoms with Gasteiger partial charge in [-0.2, -0.15) is 0 Å². The highest BCUT2D eigenvalue weighted by molar-refractivity contribution is 6.23. The van der Waals surface area contributed by atoms with Gasteiger partial charge < -0.3 is 4.74 Å². The number of anilines is 1. The van der Waals surface area contributed by atoms with Gasteiger partial charge >= 0.3 is 5.97 Å². The van der Waals surface area contributed by atoms with E-state index in [-0.39, 0.29) is 5.91 Å². The summed E-state index contributed by atoms with van der Waals surface area (Å²) >= 11 is 0. The zero-order valence-corrected chi connectivity index (χ0v) is 17.7. The Morgan fingerprint density at radius 2 is 1.69 bits per heavy atom. The summed E-state index contributed by atoms with van der Waals surface area (Å²) < 4.78 is 4.98. The number of carbonyl (C=O) groups excluding carboxylic acids is 2. The predicted molar refractivity (Wildman–Crippen MR) is 117 cm³/mol. The second-order valence-corrected chi connectivity index (χ2v) is 7.49. The lowest BCUT2D eigenvalue weighted by atomic mass is 10.0. The molecule has 0 unspecified atom stereocenters. The number of carbonyl (C=O) groups is 2. The number of methoxy groups -OCH3 is 1. The molecule has 0 saturated heterocycles. The zero-order valence-electron chi connectivity index (χ0n) is 17.7. The Hall–Kier alpha value is -3.14. The number of esters is 1. The van der Waals surface area contributed by atoms with Crippen LogP contribution in [0.3, 0.4) is 0 Å². The molecule has 1 amide bonds. The standard InChI is InChI=1S/C25H27NO3/c1-6-18-7-9-19(10-8-18)15-22-23(25(28)29-5)17(4)26(24(22)27)21-13-11-20(12-14-21)16(2)3/h7-16H,6H2,1-5H3/b22-15-. The van der Waals surface area contributed by atoms with Crippen molar-refractivity contribution in [2.45, 2.75) is 40.0 Å². The second kappa shape index (κ2) is 8.48. The van der Waals surface area contributed by atoms with Gasteiger partial charge in [-0.05, 0) is 54.2 Å². The first-order valence-corrected chi connectivity index (χ1v) is 9.92. The Bertz CT molecular complexity index is 980. The number of nitrogens with zero attached hydrogens (tertiary/aromatic N) is 1. The first kappa shape index (κ1) is 20.6. The van der Waals surface area contributed by atoms with Crippen molar-refractivity contribution in [3.8, 4) is 0 Å². The van der Waals surface area contributed by atoms with E-state index in [1.54, 1.807) is 17.9 Å². The molecule has 0 N–H and O–H groups in total. The molecule has 3 rings (SSSR count). The lowest BCUT2D eigenvalue weighted by molar-refractivity contribution is -0.136. The number of rotatable bonds is 5. The highest BCUT2D eigenvalue weighted by atomic mass is 16.5. The number of amides is 1. The molecule has 0 aliphatic carbocycles. The van der Waals surface area contributed by atoms with Gasteiger partial charge in [-0.25, -0.2) is 4.79 Å². The fourth-order valence-electron chi connectivity index (χ4n) is 3.52. The molecule has 2 aromatic carbocycles. The third-order valence-corrected chi connectivity index (χ3v) is 5.31. The van der Waals surface area contributed by atoms with Crippen molar-refractivity contribution in [1.29, 1.82) is 0 Å². The summed E-state index contributed by atoms with van der Waals surface area (Å²) in [6, 6.07) is 15.9. The van der Waals surface area contributed by atoms with Crippen LogP contribution in [-0.2, 0) is 20.7 Å². The van der Waals surface area contributed by atoms with Crippen LogP contribution in [0.4, 0.5) is 5.69 Å². The molecule has 0 saturated carbocycles. The monoisotopic (exact) mass is 389 g/mol. The molecule has 2 aromatic rings. The molecule has 0 atom stereocenters. The van der Waals surface area contributed by atoms with Crippen molar-refractivity contribution in [2.24, 2.45) is 0 Å². The smallest absolute Gasteiger partial charge is 0.340 e. The molecule has 0 radical (unpaired) electrons. The number of ether oxygens (including phenoxy) is 1. The van der Waals surface area contributed by atoms with Gasteiger partial charge in [0.15, 0.2) is 0 Å². The Morgan fingerprint density at radius 1 is 1.07 bits per heavy atom. The molecular weight excluding hydrogens is 362 g/mol. The SMILES string of the molecule is CCc1ccc(/C=C2\C(=O)N(c3ccc(C(C)C)cc3)C(C)=C2C(=O)OC)cc1. The van der Waals surface area contributed by atoms with Gasteiger partial charge in [-0.3, -0.25) is 9.69 Å². The predicted octanol–water partition coefficient (Wildman–Crippen LogP) is 5.25. The molecule has 1 heterocycles. The van der Waals surface area contributed by atoms with E-state index >= 15 is 0 Å². The summed E-state index contributed by atoms with van der Waals surface area (Å²) in [6.45, 7) is 8.13. The average Bonchev–Trinajstić information content (AvgIpc) is 2.97. The highest BCUT2D eigenvalue weighted by Gasteiger charge is 2.37. The Balaban J connectivity index is 2.06. The third kappa shape index (κ3) is 4.02. The largest absolute Gasteiger partial charge is 0.465 e. The molecule has 0 bridgehead atoms. The fraction of sp³-hybridized carbons (Fsp3) is 0.280. The molecule has 4 nitrogen and oxygen atoms in total. The number of hydrogen-bond donors (Lipinski definition) is 0. The summed E-state index contributed by atoms with van der Waals surface area (Å²) in [6.07, 6.45) is 2.71. The summed E-state index contributed by atoms with van der Waals surface area (Å²) in [5, 5.41) is 0. The summed E-state index contributed by atoms with van der Waals surface area (Å²) in [5.41, 5.74) is 5.27. The zero-order chi connectivity index (χ0) is 21.1. The molecule has 4 heteroatoms. The van der Waals surface area contributed by atoms with Crippen LogP contribution in [0, 0.1) is 0 Å². The Morgan fingerprint density at radius 3 is 2.21 bits per heavy atom. The quantitative estimate of drug-likeness (QED) is 0.518. The van der Waals surface area contributed by atoms with E-state index in [1.165, 1.54) is 18.2 Å². The van der Waals surface area contributed by atoms with Crippen LogP contribution in [0.5, 0.6) is 0 Å². The fourth-order valence-corrected chi connectivity index (χ4v) is 3.52. The number of benzene rings is 2. The molecule has 1 aliphatic rings. The minimum atomic E-state index is -0.506. The van der Waals surface area contributed by atoms with Crippen molar-refractivity contribution in [2.75, 3.05) is 12.0 Å². The van der Waals surface area contributed by atoms with Crippen molar-refractivity contribution >= 4 is 23.6 Å². The van der Waals surface area contributed by atoms with Gasteiger partial charge in [0.2, 0.25) is 0 Å². The maximum Gasteiger partial charge on any atom is 0.340 e. The van der Waals surface area contributed by atoms with Gasteiger partial charge in [0, 0.05) is 11.4 Å². The van der Waals surface area contributed by atoms with Gasteiger partial charge in [0.25, 0.3) is 5.91 Å². The van der Waals surface area contributed by atoms with Gasteiger partial charge in [-0.15, -0.1) is 0 Å². The third-order valence-electron chi connectivity index (χ3n) is 5.31. The van der Waals surface area contributed by atoms with Crippen LogP contribution < -0.4 is 4.90 Å². The van der Waals surface area contributed by atoms with Crippen molar-refractivity contribution in [1.82, 2.24) is 0 Å². The average molecular weight is 389 g/mol. The molecular formula is C25H27NO3. The first-order chi connectivity index (χ1) is 13.9. The van der Waals surface area contributed by atoms with Crippen LogP contribution in [0.25, 0.3) is 6.08 Å². The van der Waals surface area contributed by atoms with Crippen molar-refractivity contribution in [3.05, 3.63) is 82.1 Å². The minimum absolute atomic E-state index is 0.222. The van der Waals surface area contributed by atoms with Crippen LogP contribution in [0.1, 0.15) is 50.3 Å². The molecule has 0 spiro atoms. The van der Waals surface area contributed by atoms with Gasteiger partial charge in [0.05, 0.1) is 18.3 Å². The van der Waals surface area contributed by atoms with E-state index in [0.717, 1.165) is 17.7 Å². The lowest BCUT2D eigenvalue weighted by Gasteiger charge is -2.19. The normalized spacial score (nSPS) is 15.6. The van der Waals surface area contributed by atoms with Crippen LogP contribution in [0.2, 0.25) is 0 Å². The number of aryl methyl sites for hydroxylation is 1. The van der Waals surface area contributed by atoms with E-state index in [0.29, 0.717) is 22.8 Å². The van der Waals surface area contributed by atoms with Gasteiger partial charge in [0.1, 0.15) is 0 Å². The second-order valence-electron chi connectivity index (χ2n) is 7.49. The summed E-state index contributed by atoms with van der Waals surface area (Å²) in [5.74, 6) is -0.324. The van der Waals surface area contributed by atoms with Crippen molar-refractivity contribution in [3.63, 3.8) is 0 Å². The molecule has 1 aliphatic heterocycles. The molecule has 0 fully saturated rings. The number of hydrogen-bond acceptors (Lipinski definition) is 3. The summed E-state index contributed by atoms with van der Waals surface area (Å²) in [7, 11) is 1.33. The molecule has 0 aromatic heterocycles. The molecule has 29 heavy (non-hydrogen) atoms. The molecule has 150 valence electrons. The van der Waals surface area contributed by atoms with E-state index < -0.39 is 5.97 Å². The summed E-state index contributed by atoms with van der Waals surface area (Å²) in [4.78, 5) is 27.4. The Kier molecular flexibility index (Phi) is 6.02. The van der Waals surface area contributed by atoms with Crippen molar-refractivity contribution < 1.29 is 14.3 Å². The van der Waals surface area contributed by atoms with Crippen LogP contribution in [-0.4, -0.2) is 19.0 Å². The van der Waals surface area contributed by atoms with E-state index in [9.17, 15) is 9.59 Å². The Labute approximate surface area is 172 Å².